The summed E-state index contributed by atoms with van der Waals surface area (Å²) >= 11 is 0. The molecule has 10 heteroatoms. The number of nitrogens with two attached hydrogens (primary N) is 1. The largest absolute Gasteiger partial charge is 0.573 e. The summed E-state index contributed by atoms with van der Waals surface area (Å²) in [6, 6.07) is 3.63. The van der Waals surface area contributed by atoms with Crippen molar-refractivity contribution >= 4 is 22.7 Å². The van der Waals surface area contributed by atoms with Crippen molar-refractivity contribution in [3.05, 3.63) is 40.2 Å². The minimum atomic E-state index is -4.91. The first-order valence-corrected chi connectivity index (χ1v) is 8.16. The van der Waals surface area contributed by atoms with E-state index in [9.17, 15) is 27.6 Å². The van der Waals surface area contributed by atoms with Gasteiger partial charge in [-0.2, -0.15) is 0 Å². The second kappa shape index (κ2) is 6.93. The Hall–Kier alpha value is -3.04. The number of alkyl halides is 3. The van der Waals surface area contributed by atoms with E-state index in [2.05, 4.69) is 9.72 Å². The van der Waals surface area contributed by atoms with Crippen molar-refractivity contribution in [2.45, 2.75) is 19.2 Å². The molecular formula is C17H16F3N3O4. The molecule has 0 bridgehead atoms. The predicted octanol–water partition coefficient (Wildman–Crippen LogP) is 1.76. The van der Waals surface area contributed by atoms with Crippen LogP contribution in [-0.4, -0.2) is 41.2 Å². The molecule has 0 unspecified atom stereocenters. The summed E-state index contributed by atoms with van der Waals surface area (Å²) in [7, 11) is 0. The number of nitrogens with zero attached hydrogens (tertiary/aromatic N) is 1. The number of likely N-dealkylation sites (tertiary alicyclic amines) is 1. The molecule has 3 N–H and O–H groups in total. The summed E-state index contributed by atoms with van der Waals surface area (Å²) in [4.78, 5) is 40.4. The molecule has 0 saturated carbocycles. The number of pyridine rings is 1. The Morgan fingerprint density at radius 3 is 2.48 bits per heavy atom. The molecule has 1 aliphatic rings. The van der Waals surface area contributed by atoms with Crippen molar-refractivity contribution in [1.82, 2.24) is 9.88 Å². The number of carbonyl (C=O) groups is 2. The maximum Gasteiger partial charge on any atom is 0.573 e. The van der Waals surface area contributed by atoms with Crippen LogP contribution in [0.25, 0.3) is 10.9 Å². The van der Waals surface area contributed by atoms with Crippen LogP contribution in [0.2, 0.25) is 0 Å². The first kappa shape index (κ1) is 18.7. The van der Waals surface area contributed by atoms with Crippen molar-refractivity contribution in [2.24, 2.45) is 11.7 Å². The number of aromatic amines is 1. The number of rotatable bonds is 3. The van der Waals surface area contributed by atoms with E-state index in [0.29, 0.717) is 12.8 Å². The average Bonchev–Trinajstić information content (AvgIpc) is 2.61. The zero-order valence-electron chi connectivity index (χ0n) is 14.0. The van der Waals surface area contributed by atoms with Crippen LogP contribution in [0.5, 0.6) is 5.75 Å². The molecule has 1 saturated heterocycles. The Bertz CT molecular complexity index is 947. The molecule has 27 heavy (non-hydrogen) atoms. The quantitative estimate of drug-likeness (QED) is 0.843. The lowest BCUT2D eigenvalue weighted by atomic mass is 9.96. The number of aromatic nitrogens is 1. The third-order valence-electron chi connectivity index (χ3n) is 4.52. The number of carbonyl (C=O) groups excluding carboxylic acids is 2. The Labute approximate surface area is 150 Å². The smallest absolute Gasteiger partial charge is 0.404 e. The standard InChI is InChI=1S/C17H16F3N3O4/c18-17(19,20)27-12-3-1-2-10-13(12)22-8-11(14(10)24)16(26)23-6-4-9(5-7-23)15(21)25/h1-3,8-9H,4-7H2,(H2,21,25)(H,22,24). The van der Waals surface area contributed by atoms with Gasteiger partial charge in [-0.3, -0.25) is 14.4 Å². The zero-order chi connectivity index (χ0) is 19.8. The maximum atomic E-state index is 12.6. The highest BCUT2D eigenvalue weighted by atomic mass is 19.4. The van der Waals surface area contributed by atoms with Crippen LogP contribution in [0.3, 0.4) is 0 Å². The van der Waals surface area contributed by atoms with Gasteiger partial charge < -0.3 is 20.4 Å². The number of nitrogens with one attached hydrogen (secondary N) is 1. The summed E-state index contributed by atoms with van der Waals surface area (Å²) in [6.45, 7) is 0.530. The first-order valence-electron chi connectivity index (χ1n) is 8.16. The van der Waals surface area contributed by atoms with E-state index in [1.807, 2.05) is 0 Å². The van der Waals surface area contributed by atoms with Gasteiger partial charge in [0, 0.05) is 25.2 Å². The number of ether oxygens (including phenoxy) is 1. The minimum Gasteiger partial charge on any atom is -0.404 e. The maximum absolute atomic E-state index is 12.6. The van der Waals surface area contributed by atoms with E-state index < -0.39 is 29.4 Å². The van der Waals surface area contributed by atoms with Crippen LogP contribution >= 0.6 is 0 Å². The number of H-pyrrole nitrogens is 1. The number of fused-ring (bicyclic) bond motifs is 1. The monoisotopic (exact) mass is 383 g/mol. The van der Waals surface area contributed by atoms with E-state index in [0.717, 1.165) is 12.3 Å². The fourth-order valence-electron chi connectivity index (χ4n) is 3.13. The van der Waals surface area contributed by atoms with Crippen LogP contribution in [0.1, 0.15) is 23.2 Å². The number of hydrogen-bond acceptors (Lipinski definition) is 4. The molecule has 2 heterocycles. The van der Waals surface area contributed by atoms with Gasteiger partial charge in [0.05, 0.1) is 10.9 Å². The Kier molecular flexibility index (Phi) is 4.81. The van der Waals surface area contributed by atoms with Gasteiger partial charge in [0.15, 0.2) is 5.75 Å². The molecule has 3 rings (SSSR count). The summed E-state index contributed by atoms with van der Waals surface area (Å²) in [5, 5.41) is -0.0883. The van der Waals surface area contributed by atoms with Crippen LogP contribution in [0.4, 0.5) is 13.2 Å². The number of hydrogen-bond donors (Lipinski definition) is 2. The van der Waals surface area contributed by atoms with Gasteiger partial charge in [-0.1, -0.05) is 6.07 Å². The lowest BCUT2D eigenvalue weighted by molar-refractivity contribution is -0.274. The van der Waals surface area contributed by atoms with Crippen LogP contribution in [-0.2, 0) is 4.79 Å². The van der Waals surface area contributed by atoms with Gasteiger partial charge in [-0.15, -0.1) is 13.2 Å². The van der Waals surface area contributed by atoms with E-state index in [1.54, 1.807) is 0 Å². The van der Waals surface area contributed by atoms with E-state index in [-0.39, 0.29) is 35.5 Å². The Morgan fingerprint density at radius 2 is 1.89 bits per heavy atom. The Balaban J connectivity index is 1.90. The zero-order valence-corrected chi connectivity index (χ0v) is 14.0. The number of halogens is 3. The number of para-hydroxylation sites is 1. The van der Waals surface area contributed by atoms with Crippen molar-refractivity contribution in [1.29, 1.82) is 0 Å². The SMILES string of the molecule is NC(=O)C1CCN(C(=O)c2c[nH]c3c(OC(F)(F)F)cccc3c2=O)CC1. The van der Waals surface area contributed by atoms with Gasteiger partial charge in [0.25, 0.3) is 5.91 Å². The number of benzene rings is 1. The second-order valence-corrected chi connectivity index (χ2v) is 6.23. The molecule has 144 valence electrons. The Morgan fingerprint density at radius 1 is 1.22 bits per heavy atom. The van der Waals surface area contributed by atoms with Crippen molar-refractivity contribution in [3.63, 3.8) is 0 Å². The van der Waals surface area contributed by atoms with Crippen LogP contribution < -0.4 is 15.9 Å². The fraction of sp³-hybridized carbons (Fsp3) is 0.353. The predicted molar refractivity (Wildman–Crippen MR) is 89.1 cm³/mol. The van der Waals surface area contributed by atoms with E-state index in [4.69, 9.17) is 5.73 Å². The third kappa shape index (κ3) is 3.88. The molecule has 1 fully saturated rings. The molecule has 0 radical (unpaired) electrons. The molecule has 0 atom stereocenters. The number of amides is 2. The van der Waals surface area contributed by atoms with Crippen molar-refractivity contribution in [2.75, 3.05) is 13.1 Å². The van der Waals surface area contributed by atoms with Gasteiger partial charge in [0.1, 0.15) is 5.56 Å². The number of primary amides is 1. The van der Waals surface area contributed by atoms with Crippen LogP contribution in [0, 0.1) is 5.92 Å². The van der Waals surface area contributed by atoms with Gasteiger partial charge >= 0.3 is 6.36 Å². The summed E-state index contributed by atoms with van der Waals surface area (Å²) < 4.78 is 41.4. The third-order valence-corrected chi connectivity index (χ3v) is 4.52. The molecular weight excluding hydrogens is 367 g/mol. The van der Waals surface area contributed by atoms with Crippen molar-refractivity contribution < 1.29 is 27.5 Å². The van der Waals surface area contributed by atoms with Crippen molar-refractivity contribution in [3.8, 4) is 5.75 Å². The highest BCUT2D eigenvalue weighted by molar-refractivity contribution is 5.98. The molecule has 1 aromatic carbocycles. The lowest BCUT2D eigenvalue weighted by Gasteiger charge is -2.30. The highest BCUT2D eigenvalue weighted by Gasteiger charge is 2.32. The van der Waals surface area contributed by atoms with Gasteiger partial charge in [0.2, 0.25) is 11.3 Å². The summed E-state index contributed by atoms with van der Waals surface area (Å²) in [5.41, 5.74) is 4.22. The molecule has 1 aliphatic heterocycles. The molecule has 7 nitrogen and oxygen atoms in total. The molecule has 2 aromatic rings. The fourth-order valence-corrected chi connectivity index (χ4v) is 3.13. The minimum absolute atomic E-state index is 0.0883. The number of piperidine rings is 1. The normalized spacial score (nSPS) is 15.7. The molecule has 1 aromatic heterocycles. The van der Waals surface area contributed by atoms with E-state index >= 15 is 0 Å². The average molecular weight is 383 g/mol. The molecule has 0 aliphatic carbocycles. The lowest BCUT2D eigenvalue weighted by Crippen LogP contribution is -2.43. The summed E-state index contributed by atoms with van der Waals surface area (Å²) in [5.74, 6) is -1.85. The first-order chi connectivity index (χ1) is 12.7. The van der Waals surface area contributed by atoms with E-state index in [1.165, 1.54) is 17.0 Å². The van der Waals surface area contributed by atoms with Gasteiger partial charge in [-0.25, -0.2) is 0 Å². The topological polar surface area (TPSA) is 105 Å². The van der Waals surface area contributed by atoms with Gasteiger partial charge in [-0.05, 0) is 25.0 Å². The molecule has 2 amide bonds. The molecule has 0 spiro atoms. The highest BCUT2D eigenvalue weighted by Crippen LogP contribution is 2.28. The second-order valence-electron chi connectivity index (χ2n) is 6.23. The summed E-state index contributed by atoms with van der Waals surface area (Å²) in [6.07, 6.45) is -3.03. The van der Waals surface area contributed by atoms with Crippen LogP contribution in [0.15, 0.2) is 29.2 Å².